The Morgan fingerprint density at radius 1 is 0.808 bits per heavy atom. The Balaban J connectivity index is 2.25. The van der Waals surface area contributed by atoms with Crippen LogP contribution in [0.2, 0.25) is 0 Å². The molecule has 3 N–H and O–H groups in total. The third-order valence-electron chi connectivity index (χ3n) is 4.54. The highest BCUT2D eigenvalue weighted by Crippen LogP contribution is 2.41. The minimum atomic E-state index is -0.842. The Morgan fingerprint density at radius 2 is 1.27 bits per heavy atom. The van der Waals surface area contributed by atoms with Crippen LogP contribution in [-0.4, -0.2) is 11.3 Å². The minimum Gasteiger partial charge on any atom is -0.508 e. The van der Waals surface area contributed by atoms with Gasteiger partial charge in [0.15, 0.2) is 0 Å². The summed E-state index contributed by atoms with van der Waals surface area (Å²) in [6.45, 7) is 2.09. The lowest BCUT2D eigenvalue weighted by molar-refractivity contribution is -0.0480. The van der Waals surface area contributed by atoms with E-state index in [4.69, 9.17) is 10.5 Å². The van der Waals surface area contributed by atoms with Gasteiger partial charge in [-0.05, 0) is 35.2 Å². The first-order valence-electron chi connectivity index (χ1n) is 9.00. The van der Waals surface area contributed by atoms with Crippen molar-refractivity contribution < 1.29 is 9.84 Å². The third kappa shape index (κ3) is 3.64. The number of hydrogen-bond donors (Lipinski definition) is 2. The van der Waals surface area contributed by atoms with E-state index in [0.29, 0.717) is 0 Å². The number of rotatable bonds is 7. The first-order valence-corrected chi connectivity index (χ1v) is 9.00. The summed E-state index contributed by atoms with van der Waals surface area (Å²) in [4.78, 5) is 0. The minimum absolute atomic E-state index is 0.224. The fourth-order valence-corrected chi connectivity index (χ4v) is 3.32. The van der Waals surface area contributed by atoms with E-state index < -0.39 is 11.8 Å². The molecule has 0 fully saturated rings. The number of phenols is 1. The number of hydrogen-bond acceptors (Lipinski definition) is 3. The van der Waals surface area contributed by atoms with E-state index in [1.807, 2.05) is 48.5 Å². The van der Waals surface area contributed by atoms with Crippen molar-refractivity contribution in [3.8, 4) is 5.75 Å². The second-order valence-electron chi connectivity index (χ2n) is 6.41. The number of aromatic hydroxyl groups is 1. The first kappa shape index (κ1) is 18.2. The molecule has 3 nitrogen and oxygen atoms in total. The highest BCUT2D eigenvalue weighted by atomic mass is 16.5. The van der Waals surface area contributed by atoms with Crippen molar-refractivity contribution in [1.82, 2.24) is 0 Å². The fourth-order valence-electron chi connectivity index (χ4n) is 3.32. The molecule has 1 unspecified atom stereocenters. The van der Waals surface area contributed by atoms with Crippen molar-refractivity contribution in [2.75, 3.05) is 0 Å². The van der Waals surface area contributed by atoms with Gasteiger partial charge in [0.25, 0.3) is 0 Å². The Labute approximate surface area is 155 Å². The first-order chi connectivity index (χ1) is 12.7. The predicted octanol–water partition coefficient (Wildman–Crippen LogP) is 4.79. The highest BCUT2D eigenvalue weighted by Gasteiger charge is 2.39. The quantitative estimate of drug-likeness (QED) is 0.477. The molecule has 3 aromatic rings. The fraction of sp³-hybridized carbons (Fsp3) is 0.217. The normalized spacial score (nSPS) is 12.7. The molecular formula is C23H25NO2. The number of nitrogens with two attached hydrogens (primary N) is 1. The van der Waals surface area contributed by atoms with Crippen molar-refractivity contribution >= 4 is 0 Å². The van der Waals surface area contributed by atoms with Crippen LogP contribution in [0.25, 0.3) is 0 Å². The summed E-state index contributed by atoms with van der Waals surface area (Å²) < 4.78 is 6.57. The van der Waals surface area contributed by atoms with Gasteiger partial charge in [0.1, 0.15) is 17.6 Å². The zero-order chi connectivity index (χ0) is 18.4. The SMILES string of the molecule is CCCC(N)OC(c1ccccc1)(c1ccccc1)c1ccc(O)cc1. The molecule has 0 aliphatic rings. The molecule has 0 saturated heterocycles. The predicted molar refractivity (Wildman–Crippen MR) is 105 cm³/mol. The van der Waals surface area contributed by atoms with Crippen LogP contribution in [-0.2, 0) is 10.3 Å². The van der Waals surface area contributed by atoms with Crippen molar-refractivity contribution in [1.29, 1.82) is 0 Å². The Morgan fingerprint density at radius 3 is 1.73 bits per heavy atom. The average Bonchev–Trinajstić information content (AvgIpc) is 2.68. The van der Waals surface area contributed by atoms with E-state index in [1.54, 1.807) is 12.1 Å². The molecule has 0 radical (unpaired) electrons. The van der Waals surface area contributed by atoms with Crippen molar-refractivity contribution in [2.45, 2.75) is 31.6 Å². The molecule has 0 heterocycles. The molecule has 1 atom stereocenters. The van der Waals surface area contributed by atoms with Gasteiger partial charge >= 0.3 is 0 Å². The van der Waals surface area contributed by atoms with E-state index in [1.165, 1.54) is 0 Å². The van der Waals surface area contributed by atoms with Gasteiger partial charge in [0, 0.05) is 0 Å². The van der Waals surface area contributed by atoms with E-state index >= 15 is 0 Å². The lowest BCUT2D eigenvalue weighted by Crippen LogP contribution is -2.40. The van der Waals surface area contributed by atoms with Crippen LogP contribution in [0.5, 0.6) is 5.75 Å². The number of ether oxygens (including phenoxy) is 1. The molecule has 3 rings (SSSR count). The molecule has 3 heteroatoms. The van der Waals surface area contributed by atoms with Gasteiger partial charge in [0.05, 0.1) is 0 Å². The maximum absolute atomic E-state index is 9.76. The zero-order valence-electron chi connectivity index (χ0n) is 15.0. The van der Waals surface area contributed by atoms with Crippen LogP contribution < -0.4 is 5.73 Å². The van der Waals surface area contributed by atoms with Gasteiger partial charge < -0.3 is 15.6 Å². The van der Waals surface area contributed by atoms with Gasteiger partial charge in [-0.15, -0.1) is 0 Å². The van der Waals surface area contributed by atoms with Crippen LogP contribution in [0.1, 0.15) is 36.5 Å². The number of benzene rings is 3. The lowest BCUT2D eigenvalue weighted by atomic mass is 9.80. The van der Waals surface area contributed by atoms with Crippen LogP contribution in [0.15, 0.2) is 84.9 Å². The van der Waals surface area contributed by atoms with Crippen LogP contribution in [0.4, 0.5) is 0 Å². The summed E-state index contributed by atoms with van der Waals surface area (Å²) in [5, 5.41) is 9.76. The topological polar surface area (TPSA) is 55.5 Å². The molecule has 0 spiro atoms. The molecule has 26 heavy (non-hydrogen) atoms. The third-order valence-corrected chi connectivity index (χ3v) is 4.54. The smallest absolute Gasteiger partial charge is 0.145 e. The largest absolute Gasteiger partial charge is 0.508 e. The summed E-state index contributed by atoms with van der Waals surface area (Å²) in [7, 11) is 0. The molecule has 0 aromatic heterocycles. The second-order valence-corrected chi connectivity index (χ2v) is 6.41. The molecule has 0 saturated carbocycles. The van der Waals surface area contributed by atoms with Gasteiger partial charge in [-0.25, -0.2) is 0 Å². The Kier molecular flexibility index (Phi) is 5.71. The number of phenolic OH excluding ortho intramolecular Hbond substituents is 1. The van der Waals surface area contributed by atoms with E-state index in [2.05, 4.69) is 31.2 Å². The molecule has 134 valence electrons. The van der Waals surface area contributed by atoms with E-state index in [9.17, 15) is 5.11 Å². The van der Waals surface area contributed by atoms with E-state index in [-0.39, 0.29) is 5.75 Å². The zero-order valence-corrected chi connectivity index (χ0v) is 15.0. The maximum Gasteiger partial charge on any atom is 0.145 e. The van der Waals surface area contributed by atoms with Crippen LogP contribution in [0, 0.1) is 0 Å². The average molecular weight is 347 g/mol. The second kappa shape index (κ2) is 8.17. The summed E-state index contributed by atoms with van der Waals surface area (Å²) >= 11 is 0. The van der Waals surface area contributed by atoms with Crippen LogP contribution in [0.3, 0.4) is 0 Å². The van der Waals surface area contributed by atoms with Crippen molar-refractivity contribution in [3.05, 3.63) is 102 Å². The Bertz CT molecular complexity index is 761. The highest BCUT2D eigenvalue weighted by molar-refractivity contribution is 5.48. The van der Waals surface area contributed by atoms with Crippen LogP contribution >= 0.6 is 0 Å². The summed E-state index contributed by atoms with van der Waals surface area (Å²) in [5.41, 5.74) is 8.43. The van der Waals surface area contributed by atoms with Crippen molar-refractivity contribution in [3.63, 3.8) is 0 Å². The molecule has 0 amide bonds. The maximum atomic E-state index is 9.76. The van der Waals surface area contributed by atoms with Gasteiger partial charge in [-0.1, -0.05) is 86.1 Å². The van der Waals surface area contributed by atoms with E-state index in [0.717, 1.165) is 29.5 Å². The monoisotopic (exact) mass is 347 g/mol. The molecular weight excluding hydrogens is 322 g/mol. The standard InChI is InChI=1S/C23H25NO2/c1-2-9-22(24)26-23(18-10-5-3-6-11-18,19-12-7-4-8-13-19)20-14-16-21(25)17-15-20/h3-8,10-17,22,25H,2,9,24H2,1H3. The summed E-state index contributed by atoms with van der Waals surface area (Å²) in [6.07, 6.45) is 1.30. The summed E-state index contributed by atoms with van der Waals surface area (Å²) in [5.74, 6) is 0.224. The molecule has 3 aromatic carbocycles. The van der Waals surface area contributed by atoms with Gasteiger partial charge in [-0.2, -0.15) is 0 Å². The van der Waals surface area contributed by atoms with Gasteiger partial charge in [0.2, 0.25) is 0 Å². The Hall–Kier alpha value is -2.62. The van der Waals surface area contributed by atoms with Gasteiger partial charge in [-0.3, -0.25) is 0 Å². The lowest BCUT2D eigenvalue weighted by Gasteiger charge is -2.38. The molecule has 0 aliphatic carbocycles. The molecule has 0 bridgehead atoms. The molecule has 0 aliphatic heterocycles. The summed E-state index contributed by atoms with van der Waals surface area (Å²) in [6, 6.07) is 27.4. The van der Waals surface area contributed by atoms with Crippen molar-refractivity contribution in [2.24, 2.45) is 5.73 Å².